The fourth-order valence-electron chi connectivity index (χ4n) is 6.39. The van der Waals surface area contributed by atoms with Gasteiger partial charge in [-0.1, -0.05) is 133 Å². The van der Waals surface area contributed by atoms with Gasteiger partial charge in [-0.25, -0.2) is 9.59 Å². The molecule has 0 aliphatic carbocycles. The van der Waals surface area contributed by atoms with Crippen molar-refractivity contribution in [3.8, 4) is 45.3 Å². The predicted molar refractivity (Wildman–Crippen MR) is 225 cm³/mol. The molecule has 57 heavy (non-hydrogen) atoms. The van der Waals surface area contributed by atoms with Crippen LogP contribution in [0.15, 0.2) is 115 Å². The number of para-hydroxylation sites is 1. The normalized spacial score (nSPS) is 10.8. The van der Waals surface area contributed by atoms with Gasteiger partial charge in [-0.15, -0.1) is 0 Å². The summed E-state index contributed by atoms with van der Waals surface area (Å²) >= 11 is 0. The van der Waals surface area contributed by atoms with E-state index in [-0.39, 0.29) is 22.6 Å². The Balaban J connectivity index is 1.14. The molecule has 0 amide bonds. The van der Waals surface area contributed by atoms with Crippen molar-refractivity contribution in [1.82, 2.24) is 0 Å². The summed E-state index contributed by atoms with van der Waals surface area (Å²) in [5.74, 6) is -0.654. The summed E-state index contributed by atoms with van der Waals surface area (Å²) in [4.78, 5) is 37.7. The van der Waals surface area contributed by atoms with Gasteiger partial charge >= 0.3 is 17.6 Å². The van der Waals surface area contributed by atoms with Crippen LogP contribution in [0.4, 0.5) is 5.69 Å². The van der Waals surface area contributed by atoms with Crippen LogP contribution in [0, 0.1) is 10.1 Å². The van der Waals surface area contributed by atoms with E-state index in [1.165, 1.54) is 82.4 Å². The zero-order valence-corrected chi connectivity index (χ0v) is 33.1. The van der Waals surface area contributed by atoms with Crippen molar-refractivity contribution in [2.45, 2.75) is 90.9 Å². The standard InChI is InChI=1S/C48H53NO8/c1-3-5-7-9-11-13-34-54-42-30-26-38(27-31-42)36-18-22-40(23-19-36)47(50)56-44-16-15-17-45(46(44)49(52)53)57-48(51)41-24-20-37(21-25-41)39-28-32-43(33-29-39)55-35-14-12-10-8-6-4-2/h15-33H,3-14,34-35H2,1-2H3. The highest BCUT2D eigenvalue weighted by atomic mass is 16.6. The molecule has 0 unspecified atom stereocenters. The second-order valence-electron chi connectivity index (χ2n) is 14.1. The van der Waals surface area contributed by atoms with Crippen LogP contribution in [0.2, 0.25) is 0 Å². The van der Waals surface area contributed by atoms with Crippen LogP contribution in [0.25, 0.3) is 22.3 Å². The van der Waals surface area contributed by atoms with Gasteiger partial charge in [-0.05, 0) is 95.8 Å². The Morgan fingerprint density at radius 1 is 0.474 bits per heavy atom. The van der Waals surface area contributed by atoms with Crippen LogP contribution in [-0.4, -0.2) is 30.1 Å². The number of nitro groups is 1. The third-order valence-corrected chi connectivity index (χ3v) is 9.70. The number of hydrogen-bond donors (Lipinski definition) is 0. The first-order valence-electron chi connectivity index (χ1n) is 20.2. The van der Waals surface area contributed by atoms with Crippen LogP contribution in [0.1, 0.15) is 112 Å². The maximum Gasteiger partial charge on any atom is 0.353 e. The Morgan fingerprint density at radius 2 is 0.807 bits per heavy atom. The summed E-state index contributed by atoms with van der Waals surface area (Å²) in [6.07, 6.45) is 14.5. The van der Waals surface area contributed by atoms with Crippen molar-refractivity contribution in [1.29, 1.82) is 0 Å². The van der Waals surface area contributed by atoms with E-state index in [9.17, 15) is 19.7 Å². The van der Waals surface area contributed by atoms with E-state index >= 15 is 0 Å². The Kier molecular flexibility index (Phi) is 16.7. The van der Waals surface area contributed by atoms with Crippen LogP contribution in [-0.2, 0) is 0 Å². The summed E-state index contributed by atoms with van der Waals surface area (Å²) < 4.78 is 22.7. The molecule has 0 spiro atoms. The van der Waals surface area contributed by atoms with Crippen molar-refractivity contribution in [3.05, 3.63) is 137 Å². The number of hydrogen-bond acceptors (Lipinski definition) is 8. The minimum absolute atomic E-state index is 0.199. The summed E-state index contributed by atoms with van der Waals surface area (Å²) in [5, 5.41) is 12.2. The summed E-state index contributed by atoms with van der Waals surface area (Å²) in [5.41, 5.74) is 3.41. The average molecular weight is 772 g/mol. The van der Waals surface area contributed by atoms with Crippen molar-refractivity contribution < 1.29 is 33.5 Å². The molecular weight excluding hydrogens is 719 g/mol. The number of benzene rings is 5. The van der Waals surface area contributed by atoms with Gasteiger partial charge in [-0.3, -0.25) is 10.1 Å². The van der Waals surface area contributed by atoms with Gasteiger partial charge in [0.25, 0.3) is 0 Å². The first-order chi connectivity index (χ1) is 27.9. The fraction of sp³-hybridized carbons (Fsp3) is 0.333. The maximum atomic E-state index is 13.1. The second-order valence-corrected chi connectivity index (χ2v) is 14.1. The molecule has 0 N–H and O–H groups in total. The Labute approximate surface area is 336 Å². The van der Waals surface area contributed by atoms with Crippen LogP contribution in [0.3, 0.4) is 0 Å². The average Bonchev–Trinajstić information content (AvgIpc) is 3.23. The molecule has 0 atom stereocenters. The fourth-order valence-corrected chi connectivity index (χ4v) is 6.39. The number of nitrogens with zero attached hydrogens (tertiary/aromatic N) is 1. The van der Waals surface area contributed by atoms with Gasteiger partial charge < -0.3 is 18.9 Å². The first-order valence-corrected chi connectivity index (χ1v) is 20.2. The zero-order valence-electron chi connectivity index (χ0n) is 33.1. The quantitative estimate of drug-likeness (QED) is 0.0212. The molecule has 5 rings (SSSR count). The van der Waals surface area contributed by atoms with E-state index in [2.05, 4.69) is 13.8 Å². The number of nitro benzene ring substituents is 1. The highest BCUT2D eigenvalue weighted by molar-refractivity contribution is 5.94. The van der Waals surface area contributed by atoms with Crippen LogP contribution in [0.5, 0.6) is 23.0 Å². The van der Waals surface area contributed by atoms with E-state index in [1.807, 2.05) is 48.5 Å². The van der Waals surface area contributed by atoms with Crippen molar-refractivity contribution in [3.63, 3.8) is 0 Å². The van der Waals surface area contributed by atoms with Crippen LogP contribution >= 0.6 is 0 Å². The summed E-state index contributed by atoms with van der Waals surface area (Å²) in [6.45, 7) is 5.80. The molecule has 9 nitrogen and oxygen atoms in total. The highest BCUT2D eigenvalue weighted by Crippen LogP contribution is 2.38. The largest absolute Gasteiger partial charge is 0.494 e. The molecule has 5 aromatic rings. The monoisotopic (exact) mass is 771 g/mol. The van der Waals surface area contributed by atoms with E-state index in [0.29, 0.717) is 13.2 Å². The number of unbranched alkanes of at least 4 members (excludes halogenated alkanes) is 10. The lowest BCUT2D eigenvalue weighted by molar-refractivity contribution is -0.386. The number of carbonyl (C=O) groups is 2. The third-order valence-electron chi connectivity index (χ3n) is 9.70. The molecule has 9 heteroatoms. The first kappa shape index (κ1) is 42.2. The molecule has 0 heterocycles. The lowest BCUT2D eigenvalue weighted by Crippen LogP contribution is -2.12. The van der Waals surface area contributed by atoms with E-state index in [0.717, 1.165) is 46.6 Å². The highest BCUT2D eigenvalue weighted by Gasteiger charge is 2.27. The minimum Gasteiger partial charge on any atom is -0.494 e. The second kappa shape index (κ2) is 22.6. The molecule has 0 aliphatic heterocycles. The Morgan fingerprint density at radius 3 is 1.16 bits per heavy atom. The molecule has 0 aromatic heterocycles. The van der Waals surface area contributed by atoms with Gasteiger partial charge in [0.15, 0.2) is 0 Å². The van der Waals surface area contributed by atoms with Crippen molar-refractivity contribution >= 4 is 17.6 Å². The lowest BCUT2D eigenvalue weighted by Gasteiger charge is -2.10. The molecule has 0 radical (unpaired) electrons. The van der Waals surface area contributed by atoms with Crippen molar-refractivity contribution in [2.75, 3.05) is 13.2 Å². The summed E-state index contributed by atoms with van der Waals surface area (Å²) in [6, 6.07) is 33.1. The minimum atomic E-state index is -0.792. The summed E-state index contributed by atoms with van der Waals surface area (Å²) in [7, 11) is 0. The van der Waals surface area contributed by atoms with E-state index in [1.54, 1.807) is 48.5 Å². The zero-order chi connectivity index (χ0) is 40.2. The molecule has 0 saturated carbocycles. The Hall–Kier alpha value is -5.96. The van der Waals surface area contributed by atoms with Gasteiger partial charge in [0, 0.05) is 0 Å². The Bertz CT molecular complexity index is 1870. The lowest BCUT2D eigenvalue weighted by atomic mass is 10.0. The number of carbonyl (C=O) groups excluding carboxylic acids is 2. The molecule has 0 bridgehead atoms. The predicted octanol–water partition coefficient (Wildman–Crippen LogP) is 12.8. The third kappa shape index (κ3) is 13.1. The van der Waals surface area contributed by atoms with Gasteiger partial charge in [0.2, 0.25) is 11.5 Å². The molecule has 5 aromatic carbocycles. The number of rotatable bonds is 23. The number of ether oxygens (including phenoxy) is 4. The van der Waals surface area contributed by atoms with Gasteiger partial charge in [-0.2, -0.15) is 0 Å². The topological polar surface area (TPSA) is 114 Å². The van der Waals surface area contributed by atoms with Crippen LogP contribution < -0.4 is 18.9 Å². The molecule has 298 valence electrons. The molecular formula is C48H53NO8. The maximum absolute atomic E-state index is 13.1. The van der Waals surface area contributed by atoms with E-state index in [4.69, 9.17) is 18.9 Å². The molecule has 0 saturated heterocycles. The smallest absolute Gasteiger partial charge is 0.353 e. The number of esters is 2. The van der Waals surface area contributed by atoms with Crippen molar-refractivity contribution in [2.24, 2.45) is 0 Å². The van der Waals surface area contributed by atoms with Gasteiger partial charge in [0.05, 0.1) is 29.3 Å². The SMILES string of the molecule is CCCCCCCCOc1ccc(-c2ccc(C(=O)Oc3cccc(OC(=O)c4ccc(-c5ccc(OCCCCCCCC)cc5)cc4)c3[N+](=O)[O-])cc2)cc1. The molecule has 0 aliphatic rings. The van der Waals surface area contributed by atoms with Gasteiger partial charge in [0.1, 0.15) is 11.5 Å². The molecule has 0 fully saturated rings. The van der Waals surface area contributed by atoms with E-state index < -0.39 is 22.5 Å².